The van der Waals surface area contributed by atoms with Gasteiger partial charge in [0.1, 0.15) is 0 Å². The zero-order valence-corrected chi connectivity index (χ0v) is 13.8. The predicted molar refractivity (Wildman–Crippen MR) is 89.3 cm³/mol. The largest absolute Gasteiger partial charge is 0.321 e. The third kappa shape index (κ3) is 3.71. The van der Waals surface area contributed by atoms with Gasteiger partial charge in [-0.15, -0.1) is 0 Å². The van der Waals surface area contributed by atoms with Crippen molar-refractivity contribution < 1.29 is 9.72 Å². The molecule has 0 atom stereocenters. The van der Waals surface area contributed by atoms with E-state index in [0.29, 0.717) is 21.6 Å². The second kappa shape index (κ2) is 6.70. The summed E-state index contributed by atoms with van der Waals surface area (Å²) < 4.78 is 0.467. The molecule has 0 heterocycles. The summed E-state index contributed by atoms with van der Waals surface area (Å²) in [6, 6.07) is 11.6. The number of nitrogens with zero attached hydrogens (tertiary/aromatic N) is 1. The lowest BCUT2D eigenvalue weighted by atomic mass is 10.0. The highest BCUT2D eigenvalue weighted by Gasteiger charge is 2.12. The van der Waals surface area contributed by atoms with Gasteiger partial charge in [0.2, 0.25) is 0 Å². The van der Waals surface area contributed by atoms with Crippen LogP contribution in [0.5, 0.6) is 0 Å². The lowest BCUT2D eigenvalue weighted by molar-refractivity contribution is -0.384. The Kier molecular flexibility index (Phi) is 4.92. The van der Waals surface area contributed by atoms with Crippen molar-refractivity contribution in [3.63, 3.8) is 0 Å². The Morgan fingerprint density at radius 1 is 1.18 bits per heavy atom. The maximum absolute atomic E-state index is 12.2. The standard InChI is InChI=1S/C16H15BrN2O3/c1-10(2)11-3-5-12(6-4-11)16(20)18-15-8-7-13(19(21)22)9-14(15)17/h3-10H,1-2H3,(H,18,20). The summed E-state index contributed by atoms with van der Waals surface area (Å²) >= 11 is 3.23. The molecular formula is C16H15BrN2O3. The Morgan fingerprint density at radius 2 is 1.82 bits per heavy atom. The van der Waals surface area contributed by atoms with Crippen LogP contribution in [0, 0.1) is 10.1 Å². The molecule has 2 aromatic rings. The molecule has 0 aliphatic heterocycles. The topological polar surface area (TPSA) is 72.2 Å². The summed E-state index contributed by atoms with van der Waals surface area (Å²) in [6.07, 6.45) is 0. The fourth-order valence-electron chi connectivity index (χ4n) is 1.93. The molecule has 0 unspecified atom stereocenters. The molecule has 2 aromatic carbocycles. The van der Waals surface area contributed by atoms with E-state index in [1.807, 2.05) is 12.1 Å². The molecule has 114 valence electrons. The highest BCUT2D eigenvalue weighted by Crippen LogP contribution is 2.27. The number of hydrogen-bond donors (Lipinski definition) is 1. The summed E-state index contributed by atoms with van der Waals surface area (Å²) in [6.45, 7) is 4.17. The SMILES string of the molecule is CC(C)c1ccc(C(=O)Nc2ccc([N+](=O)[O-])cc2Br)cc1. The molecule has 0 radical (unpaired) electrons. The van der Waals surface area contributed by atoms with Crippen LogP contribution in [0.25, 0.3) is 0 Å². The number of non-ortho nitro benzene ring substituents is 1. The first kappa shape index (κ1) is 16.2. The Labute approximate surface area is 136 Å². The van der Waals surface area contributed by atoms with Gasteiger partial charge in [-0.2, -0.15) is 0 Å². The lowest BCUT2D eigenvalue weighted by Gasteiger charge is -2.09. The van der Waals surface area contributed by atoms with E-state index in [9.17, 15) is 14.9 Å². The van der Waals surface area contributed by atoms with E-state index < -0.39 is 4.92 Å². The van der Waals surface area contributed by atoms with E-state index in [1.165, 1.54) is 18.2 Å². The Morgan fingerprint density at radius 3 is 2.32 bits per heavy atom. The second-order valence-electron chi connectivity index (χ2n) is 5.15. The summed E-state index contributed by atoms with van der Waals surface area (Å²) in [5.41, 5.74) is 2.15. The number of carbonyl (C=O) groups excluding carboxylic acids is 1. The number of nitro benzene ring substituents is 1. The van der Waals surface area contributed by atoms with Crippen molar-refractivity contribution in [3.8, 4) is 0 Å². The average Bonchev–Trinajstić information content (AvgIpc) is 2.49. The Hall–Kier alpha value is -2.21. The van der Waals surface area contributed by atoms with Gasteiger partial charge < -0.3 is 5.32 Å². The van der Waals surface area contributed by atoms with E-state index in [1.54, 1.807) is 12.1 Å². The van der Waals surface area contributed by atoms with Gasteiger partial charge >= 0.3 is 0 Å². The first-order valence-electron chi connectivity index (χ1n) is 6.73. The average molecular weight is 363 g/mol. The van der Waals surface area contributed by atoms with Gasteiger partial charge in [-0.05, 0) is 45.6 Å². The third-order valence-electron chi connectivity index (χ3n) is 3.25. The number of anilines is 1. The summed E-state index contributed by atoms with van der Waals surface area (Å²) in [5, 5.41) is 13.4. The molecule has 6 heteroatoms. The van der Waals surface area contributed by atoms with Crippen molar-refractivity contribution in [2.45, 2.75) is 19.8 Å². The van der Waals surface area contributed by atoms with Crippen LogP contribution in [0.4, 0.5) is 11.4 Å². The second-order valence-corrected chi connectivity index (χ2v) is 6.01. The van der Waals surface area contributed by atoms with E-state index in [2.05, 4.69) is 35.1 Å². The van der Waals surface area contributed by atoms with Crippen molar-refractivity contribution >= 4 is 33.2 Å². The smallest absolute Gasteiger partial charge is 0.270 e. The quantitative estimate of drug-likeness (QED) is 0.630. The molecular weight excluding hydrogens is 348 g/mol. The van der Waals surface area contributed by atoms with Crippen molar-refractivity contribution in [2.24, 2.45) is 0 Å². The van der Waals surface area contributed by atoms with Crippen molar-refractivity contribution in [2.75, 3.05) is 5.32 Å². The molecule has 0 bridgehead atoms. The lowest BCUT2D eigenvalue weighted by Crippen LogP contribution is -2.12. The van der Waals surface area contributed by atoms with Crippen LogP contribution in [0.3, 0.4) is 0 Å². The molecule has 0 saturated heterocycles. The van der Waals surface area contributed by atoms with Gasteiger partial charge in [0.15, 0.2) is 0 Å². The maximum atomic E-state index is 12.2. The fourth-order valence-corrected chi connectivity index (χ4v) is 2.40. The number of halogens is 1. The van der Waals surface area contributed by atoms with Crippen LogP contribution in [-0.4, -0.2) is 10.8 Å². The van der Waals surface area contributed by atoms with Gasteiger partial charge in [-0.1, -0.05) is 26.0 Å². The van der Waals surface area contributed by atoms with Gasteiger partial charge in [0, 0.05) is 22.2 Å². The summed E-state index contributed by atoms with van der Waals surface area (Å²) in [4.78, 5) is 22.4. The Bertz CT molecular complexity index is 712. The summed E-state index contributed by atoms with van der Waals surface area (Å²) in [5.74, 6) is 0.144. The third-order valence-corrected chi connectivity index (χ3v) is 3.91. The van der Waals surface area contributed by atoms with Crippen molar-refractivity contribution in [1.82, 2.24) is 0 Å². The maximum Gasteiger partial charge on any atom is 0.270 e. The molecule has 2 rings (SSSR count). The first-order chi connectivity index (χ1) is 10.4. The Balaban J connectivity index is 2.16. The van der Waals surface area contributed by atoms with Crippen LogP contribution >= 0.6 is 15.9 Å². The number of nitrogens with one attached hydrogen (secondary N) is 1. The molecule has 1 N–H and O–H groups in total. The number of hydrogen-bond acceptors (Lipinski definition) is 3. The molecule has 5 nitrogen and oxygen atoms in total. The van der Waals surface area contributed by atoms with E-state index in [-0.39, 0.29) is 11.6 Å². The van der Waals surface area contributed by atoms with E-state index >= 15 is 0 Å². The van der Waals surface area contributed by atoms with Crippen LogP contribution in [0.2, 0.25) is 0 Å². The van der Waals surface area contributed by atoms with Gasteiger partial charge in [0.25, 0.3) is 11.6 Å². The molecule has 0 aliphatic carbocycles. The molecule has 0 aliphatic rings. The van der Waals surface area contributed by atoms with Crippen LogP contribution in [0.1, 0.15) is 35.7 Å². The predicted octanol–water partition coefficient (Wildman–Crippen LogP) is 4.73. The van der Waals surface area contributed by atoms with Crippen molar-refractivity contribution in [1.29, 1.82) is 0 Å². The minimum Gasteiger partial charge on any atom is -0.321 e. The van der Waals surface area contributed by atoms with Crippen LogP contribution < -0.4 is 5.32 Å². The molecule has 0 saturated carbocycles. The normalized spacial score (nSPS) is 10.5. The molecule has 22 heavy (non-hydrogen) atoms. The number of rotatable bonds is 4. The first-order valence-corrected chi connectivity index (χ1v) is 7.53. The van der Waals surface area contributed by atoms with E-state index in [0.717, 1.165) is 5.56 Å². The molecule has 0 spiro atoms. The fraction of sp³-hybridized carbons (Fsp3) is 0.188. The van der Waals surface area contributed by atoms with Gasteiger partial charge in [0.05, 0.1) is 10.6 Å². The molecule has 0 aromatic heterocycles. The van der Waals surface area contributed by atoms with Crippen molar-refractivity contribution in [3.05, 3.63) is 68.2 Å². The molecule has 1 amide bonds. The number of carbonyl (C=O) groups is 1. The van der Waals surface area contributed by atoms with Gasteiger partial charge in [-0.3, -0.25) is 14.9 Å². The molecule has 0 fully saturated rings. The zero-order chi connectivity index (χ0) is 16.3. The van der Waals surface area contributed by atoms with Crippen LogP contribution in [-0.2, 0) is 0 Å². The van der Waals surface area contributed by atoms with E-state index in [4.69, 9.17) is 0 Å². The number of amides is 1. The monoisotopic (exact) mass is 362 g/mol. The highest BCUT2D eigenvalue weighted by molar-refractivity contribution is 9.10. The van der Waals surface area contributed by atoms with Crippen LogP contribution in [0.15, 0.2) is 46.9 Å². The number of benzene rings is 2. The zero-order valence-electron chi connectivity index (χ0n) is 12.2. The number of nitro groups is 1. The summed E-state index contributed by atoms with van der Waals surface area (Å²) in [7, 11) is 0. The van der Waals surface area contributed by atoms with Gasteiger partial charge in [-0.25, -0.2) is 0 Å². The minimum atomic E-state index is -0.485. The highest BCUT2D eigenvalue weighted by atomic mass is 79.9. The minimum absolute atomic E-state index is 0.0360.